The molecule has 5 heterocycles. The van der Waals surface area contributed by atoms with Gasteiger partial charge in [0, 0.05) is 67.4 Å². The van der Waals surface area contributed by atoms with E-state index in [1.54, 1.807) is 24.5 Å². The number of anilines is 2. The molecule has 10 heteroatoms. The van der Waals surface area contributed by atoms with Gasteiger partial charge in [-0.2, -0.15) is 0 Å². The molecule has 0 saturated carbocycles. The van der Waals surface area contributed by atoms with Gasteiger partial charge in [-0.25, -0.2) is 28.7 Å². The molecule has 196 valence electrons. The number of hydrogen-bond acceptors (Lipinski definition) is 7. The molecule has 4 aromatic rings. The van der Waals surface area contributed by atoms with Crippen molar-refractivity contribution in [1.29, 1.82) is 0 Å². The van der Waals surface area contributed by atoms with E-state index < -0.39 is 11.6 Å². The minimum Gasteiger partial charge on any atom is -0.326 e. The van der Waals surface area contributed by atoms with Crippen LogP contribution in [0.2, 0.25) is 0 Å². The third-order valence-electron chi connectivity index (χ3n) is 7.32. The van der Waals surface area contributed by atoms with Gasteiger partial charge < -0.3 is 9.88 Å². The molecule has 0 radical (unpaired) electrons. The predicted molar refractivity (Wildman–Crippen MR) is 144 cm³/mol. The van der Waals surface area contributed by atoms with E-state index in [9.17, 15) is 8.78 Å². The number of pyridine rings is 1. The molecule has 38 heavy (non-hydrogen) atoms. The fourth-order valence-electron chi connectivity index (χ4n) is 5.64. The first kappa shape index (κ1) is 24.5. The van der Waals surface area contributed by atoms with Gasteiger partial charge >= 0.3 is 0 Å². The summed E-state index contributed by atoms with van der Waals surface area (Å²) in [5, 5.41) is 3.04. The molecule has 0 unspecified atom stereocenters. The van der Waals surface area contributed by atoms with E-state index in [4.69, 9.17) is 0 Å². The molecule has 2 aliphatic heterocycles. The average Bonchev–Trinajstić information content (AvgIpc) is 3.46. The van der Waals surface area contributed by atoms with Crippen molar-refractivity contribution in [2.24, 2.45) is 10.9 Å². The predicted octanol–water partition coefficient (Wildman–Crippen LogP) is 5.47. The van der Waals surface area contributed by atoms with E-state index >= 15 is 0 Å². The van der Waals surface area contributed by atoms with Crippen LogP contribution >= 0.6 is 0 Å². The van der Waals surface area contributed by atoms with Gasteiger partial charge in [-0.05, 0) is 57.4 Å². The van der Waals surface area contributed by atoms with Crippen molar-refractivity contribution in [3.05, 3.63) is 59.8 Å². The summed E-state index contributed by atoms with van der Waals surface area (Å²) < 4.78 is 31.8. The van der Waals surface area contributed by atoms with Gasteiger partial charge in [0.1, 0.15) is 23.0 Å². The Morgan fingerprint density at radius 3 is 2.63 bits per heavy atom. The van der Waals surface area contributed by atoms with Gasteiger partial charge in [0.25, 0.3) is 0 Å². The molecule has 0 bridgehead atoms. The minimum atomic E-state index is -0.548. The van der Waals surface area contributed by atoms with Crippen LogP contribution in [-0.4, -0.2) is 54.7 Å². The average molecular weight is 517 g/mol. The number of halogens is 2. The number of nitrogens with zero attached hydrogens (tertiary/aromatic N) is 7. The standard InChI is InChI=1S/C28H30F2N8/c1-16(2)38-17(3)35-27-22(29)7-20(8-25(27)38)21-9-26(32-12-23(21)30)36-28-33-10-18(11-34-28)13-37-14-19-5-4-6-31-24(19)15-37/h7-12,16,19H,4-6,13-15H2,1-3H3,(H,32,33,34,36)/t19-/m0/s1. The van der Waals surface area contributed by atoms with Crippen LogP contribution in [0, 0.1) is 24.5 Å². The van der Waals surface area contributed by atoms with Crippen LogP contribution < -0.4 is 5.32 Å². The van der Waals surface area contributed by atoms with Crippen molar-refractivity contribution in [1.82, 2.24) is 29.4 Å². The minimum absolute atomic E-state index is 0.0812. The van der Waals surface area contributed by atoms with Crippen molar-refractivity contribution in [3.8, 4) is 11.1 Å². The van der Waals surface area contributed by atoms with Crippen LogP contribution in [-0.2, 0) is 6.54 Å². The molecule has 1 saturated heterocycles. The largest absolute Gasteiger partial charge is 0.326 e. The SMILES string of the molecule is Cc1nc2c(F)cc(-c3cc(Nc4ncc(CN5CC6=NCCC[C@H]6C5)cn4)ncc3F)cc2n1C(C)C. The molecule has 1 atom stereocenters. The number of aliphatic imine (C=N–C) groups is 1. The quantitative estimate of drug-likeness (QED) is 0.366. The van der Waals surface area contributed by atoms with Gasteiger partial charge in [0.15, 0.2) is 5.82 Å². The number of fused-ring (bicyclic) bond motifs is 2. The highest BCUT2D eigenvalue weighted by atomic mass is 19.1. The summed E-state index contributed by atoms with van der Waals surface area (Å²) in [6.07, 6.45) is 7.11. The number of likely N-dealkylation sites (tertiary alicyclic amines) is 1. The second kappa shape index (κ2) is 9.83. The normalized spacial score (nSPS) is 17.7. The Kier molecular flexibility index (Phi) is 6.35. The number of imidazole rings is 1. The molecule has 0 aliphatic carbocycles. The Morgan fingerprint density at radius 2 is 1.87 bits per heavy atom. The summed E-state index contributed by atoms with van der Waals surface area (Å²) in [5.41, 5.74) is 3.89. The van der Waals surface area contributed by atoms with Crippen LogP contribution in [0.5, 0.6) is 0 Å². The van der Waals surface area contributed by atoms with E-state index in [0.717, 1.165) is 37.9 Å². The molecule has 0 amide bonds. The maximum Gasteiger partial charge on any atom is 0.228 e. The van der Waals surface area contributed by atoms with E-state index in [-0.39, 0.29) is 17.1 Å². The van der Waals surface area contributed by atoms with Gasteiger partial charge in [0.2, 0.25) is 5.95 Å². The highest BCUT2D eigenvalue weighted by Crippen LogP contribution is 2.32. The van der Waals surface area contributed by atoms with Gasteiger partial charge in [-0.15, -0.1) is 0 Å². The Labute approximate surface area is 219 Å². The number of aromatic nitrogens is 5. The van der Waals surface area contributed by atoms with E-state index in [2.05, 4.69) is 35.1 Å². The molecule has 8 nitrogen and oxygen atoms in total. The Balaban J connectivity index is 1.21. The maximum atomic E-state index is 15.0. The summed E-state index contributed by atoms with van der Waals surface area (Å²) in [4.78, 5) is 24.5. The summed E-state index contributed by atoms with van der Waals surface area (Å²) in [6.45, 7) is 9.52. The zero-order valence-electron chi connectivity index (χ0n) is 21.7. The molecule has 6 rings (SSSR count). The van der Waals surface area contributed by atoms with Crippen LogP contribution in [0.25, 0.3) is 22.2 Å². The Hall–Kier alpha value is -3.79. The number of hydrogen-bond donors (Lipinski definition) is 1. The first-order valence-electron chi connectivity index (χ1n) is 13.0. The summed E-state index contributed by atoms with van der Waals surface area (Å²) in [6, 6.07) is 4.71. The number of aryl methyl sites for hydroxylation is 1. The number of benzene rings is 1. The van der Waals surface area contributed by atoms with Crippen molar-refractivity contribution in [3.63, 3.8) is 0 Å². The first-order chi connectivity index (χ1) is 18.4. The summed E-state index contributed by atoms with van der Waals surface area (Å²) in [5.74, 6) is 0.982. The molecule has 0 spiro atoms. The lowest BCUT2D eigenvalue weighted by atomic mass is 9.98. The monoisotopic (exact) mass is 516 g/mol. The van der Waals surface area contributed by atoms with E-state index in [0.29, 0.717) is 34.6 Å². The zero-order valence-corrected chi connectivity index (χ0v) is 21.7. The van der Waals surface area contributed by atoms with Crippen molar-refractivity contribution >= 4 is 28.5 Å². The lowest BCUT2D eigenvalue weighted by Gasteiger charge is -2.15. The van der Waals surface area contributed by atoms with Gasteiger partial charge in [-0.3, -0.25) is 9.89 Å². The molecular weight excluding hydrogens is 486 g/mol. The third-order valence-corrected chi connectivity index (χ3v) is 7.32. The highest BCUT2D eigenvalue weighted by Gasteiger charge is 2.30. The van der Waals surface area contributed by atoms with Crippen LogP contribution in [0.15, 0.2) is 41.8 Å². The highest BCUT2D eigenvalue weighted by molar-refractivity contribution is 5.91. The van der Waals surface area contributed by atoms with E-state index in [1.807, 2.05) is 25.3 Å². The van der Waals surface area contributed by atoms with Crippen LogP contribution in [0.4, 0.5) is 20.5 Å². The second-order valence-corrected chi connectivity index (χ2v) is 10.4. The number of rotatable bonds is 6. The Morgan fingerprint density at radius 1 is 1.05 bits per heavy atom. The maximum absolute atomic E-state index is 15.0. The van der Waals surface area contributed by atoms with Crippen molar-refractivity contribution < 1.29 is 8.78 Å². The van der Waals surface area contributed by atoms with Crippen molar-refractivity contribution in [2.45, 2.75) is 46.2 Å². The third kappa shape index (κ3) is 4.64. The molecular formula is C28H30F2N8. The number of nitrogens with one attached hydrogen (secondary N) is 1. The topological polar surface area (TPSA) is 84.1 Å². The molecule has 3 aromatic heterocycles. The van der Waals surface area contributed by atoms with Crippen LogP contribution in [0.3, 0.4) is 0 Å². The molecule has 1 N–H and O–H groups in total. The second-order valence-electron chi connectivity index (χ2n) is 10.4. The van der Waals surface area contributed by atoms with Crippen LogP contribution in [0.1, 0.15) is 44.1 Å². The lowest BCUT2D eigenvalue weighted by Crippen LogP contribution is -2.20. The fraction of sp³-hybridized carbons (Fsp3) is 0.393. The molecule has 1 fully saturated rings. The molecule has 2 aliphatic rings. The molecule has 1 aromatic carbocycles. The van der Waals surface area contributed by atoms with Gasteiger partial charge in [-0.1, -0.05) is 0 Å². The van der Waals surface area contributed by atoms with Crippen molar-refractivity contribution in [2.75, 3.05) is 25.0 Å². The lowest BCUT2D eigenvalue weighted by molar-refractivity contribution is 0.312. The summed E-state index contributed by atoms with van der Waals surface area (Å²) in [7, 11) is 0. The van der Waals surface area contributed by atoms with E-state index in [1.165, 1.54) is 24.6 Å². The zero-order chi connectivity index (χ0) is 26.4. The Bertz CT molecular complexity index is 1530. The first-order valence-corrected chi connectivity index (χ1v) is 13.0. The fourth-order valence-corrected chi connectivity index (χ4v) is 5.64. The van der Waals surface area contributed by atoms with Gasteiger partial charge in [0.05, 0.1) is 11.7 Å². The smallest absolute Gasteiger partial charge is 0.228 e. The summed E-state index contributed by atoms with van der Waals surface area (Å²) >= 11 is 0.